The molecule has 0 saturated heterocycles. The number of alkyl halides is 1. The van der Waals surface area contributed by atoms with Gasteiger partial charge in [0.15, 0.2) is 0 Å². The van der Waals surface area contributed by atoms with E-state index in [1.54, 1.807) is 18.2 Å². The molecule has 0 aliphatic carbocycles. The van der Waals surface area contributed by atoms with Crippen molar-refractivity contribution >= 4 is 25.3 Å². The summed E-state index contributed by atoms with van der Waals surface area (Å²) in [4.78, 5) is 54.7. The lowest BCUT2D eigenvalue weighted by Crippen LogP contribution is -2.44. The fraction of sp³-hybridized carbons (Fsp3) is 0.312. The second-order valence-corrected chi connectivity index (χ2v) is 8.88. The number of nitrogens with zero attached hydrogens (tertiary/aromatic N) is 2. The van der Waals surface area contributed by atoms with Crippen molar-refractivity contribution in [1.29, 1.82) is 0 Å². The van der Waals surface area contributed by atoms with Gasteiger partial charge in [-0.3, -0.25) is 23.1 Å². The van der Waals surface area contributed by atoms with Gasteiger partial charge in [0, 0.05) is 36.0 Å². The van der Waals surface area contributed by atoms with E-state index in [1.807, 2.05) is 0 Å². The third-order valence-corrected chi connectivity index (χ3v) is 6.35. The normalized spacial score (nSPS) is 12.7. The standard InChI is InChI=1S/C16H18FN2O6PS/c17-8-12(10-27-11-26(23,24)25)9-18-7-6-14(20)19(16(18)22)15(21)13-4-2-1-3-5-13/h1-7,12H,8-11H2,(H2,23,24,25). The van der Waals surface area contributed by atoms with Crippen LogP contribution in [-0.2, 0) is 11.1 Å². The minimum atomic E-state index is -4.20. The van der Waals surface area contributed by atoms with Crippen molar-refractivity contribution in [3.8, 4) is 0 Å². The Morgan fingerprint density at radius 3 is 2.44 bits per heavy atom. The van der Waals surface area contributed by atoms with E-state index in [2.05, 4.69) is 0 Å². The predicted molar refractivity (Wildman–Crippen MR) is 100.0 cm³/mol. The van der Waals surface area contributed by atoms with Crippen molar-refractivity contribution in [2.24, 2.45) is 5.92 Å². The van der Waals surface area contributed by atoms with Crippen LogP contribution in [0.4, 0.5) is 4.39 Å². The molecule has 0 aliphatic rings. The van der Waals surface area contributed by atoms with Gasteiger partial charge in [0.05, 0.1) is 12.2 Å². The molecule has 146 valence electrons. The number of aromatic nitrogens is 2. The molecule has 0 bridgehead atoms. The average Bonchev–Trinajstić information content (AvgIpc) is 2.62. The zero-order valence-electron chi connectivity index (χ0n) is 14.1. The maximum absolute atomic E-state index is 13.2. The fourth-order valence-corrected chi connectivity index (χ4v) is 4.21. The number of hydrogen-bond acceptors (Lipinski definition) is 5. The molecule has 27 heavy (non-hydrogen) atoms. The van der Waals surface area contributed by atoms with Crippen molar-refractivity contribution < 1.29 is 23.5 Å². The maximum Gasteiger partial charge on any atom is 0.338 e. The van der Waals surface area contributed by atoms with Gasteiger partial charge >= 0.3 is 13.3 Å². The summed E-state index contributed by atoms with van der Waals surface area (Å²) in [6.07, 6.45) is 1.18. The van der Waals surface area contributed by atoms with Gasteiger partial charge in [-0.25, -0.2) is 4.79 Å². The predicted octanol–water partition coefficient (Wildman–Crippen LogP) is 1.15. The first-order chi connectivity index (χ1) is 12.7. The summed E-state index contributed by atoms with van der Waals surface area (Å²) in [6, 6.07) is 8.85. The lowest BCUT2D eigenvalue weighted by atomic mass is 10.2. The van der Waals surface area contributed by atoms with Crippen LogP contribution in [0.5, 0.6) is 0 Å². The van der Waals surface area contributed by atoms with Crippen molar-refractivity contribution in [2.75, 3.05) is 17.9 Å². The monoisotopic (exact) mass is 416 g/mol. The third kappa shape index (κ3) is 6.00. The molecule has 0 aliphatic heterocycles. The summed E-state index contributed by atoms with van der Waals surface area (Å²) in [5, 5.41) is 0. The van der Waals surface area contributed by atoms with Crippen LogP contribution in [0.25, 0.3) is 0 Å². The van der Waals surface area contributed by atoms with E-state index in [1.165, 1.54) is 18.3 Å². The molecule has 8 nitrogen and oxygen atoms in total. The van der Waals surface area contributed by atoms with Crippen molar-refractivity contribution in [2.45, 2.75) is 6.54 Å². The molecule has 1 heterocycles. The molecule has 0 amide bonds. The number of carbonyl (C=O) groups excluding carboxylic acids is 1. The van der Waals surface area contributed by atoms with Crippen LogP contribution < -0.4 is 11.2 Å². The molecule has 1 aromatic heterocycles. The summed E-state index contributed by atoms with van der Waals surface area (Å²) < 4.78 is 25.6. The first-order valence-electron chi connectivity index (χ1n) is 7.83. The van der Waals surface area contributed by atoms with Crippen LogP contribution in [0.15, 0.2) is 52.2 Å². The zero-order valence-corrected chi connectivity index (χ0v) is 15.8. The van der Waals surface area contributed by atoms with Crippen molar-refractivity contribution in [1.82, 2.24) is 9.13 Å². The smallest absolute Gasteiger partial charge is 0.324 e. The Morgan fingerprint density at radius 1 is 1.19 bits per heavy atom. The van der Waals surface area contributed by atoms with Crippen LogP contribution >= 0.6 is 19.4 Å². The molecule has 2 aromatic rings. The van der Waals surface area contributed by atoms with E-state index in [4.69, 9.17) is 9.79 Å². The lowest BCUT2D eigenvalue weighted by Gasteiger charge is -2.15. The zero-order chi connectivity index (χ0) is 20.0. The third-order valence-electron chi connectivity index (χ3n) is 3.56. The fourth-order valence-electron chi connectivity index (χ4n) is 2.31. The molecule has 1 aromatic carbocycles. The van der Waals surface area contributed by atoms with Gasteiger partial charge in [0.1, 0.15) is 0 Å². The van der Waals surface area contributed by atoms with Crippen LogP contribution in [0.1, 0.15) is 10.4 Å². The van der Waals surface area contributed by atoms with E-state index in [9.17, 15) is 23.3 Å². The van der Waals surface area contributed by atoms with E-state index >= 15 is 0 Å². The highest BCUT2D eigenvalue weighted by atomic mass is 32.2. The van der Waals surface area contributed by atoms with E-state index in [-0.39, 0.29) is 17.9 Å². The van der Waals surface area contributed by atoms with Gasteiger partial charge in [-0.15, -0.1) is 11.8 Å². The summed E-state index contributed by atoms with van der Waals surface area (Å²) >= 11 is 0.875. The second-order valence-electron chi connectivity index (χ2n) is 5.78. The van der Waals surface area contributed by atoms with E-state index in [0.717, 1.165) is 22.4 Å². The Hall–Kier alpha value is -2.00. The van der Waals surface area contributed by atoms with E-state index in [0.29, 0.717) is 4.57 Å². The Morgan fingerprint density at radius 2 is 1.85 bits per heavy atom. The highest BCUT2D eigenvalue weighted by molar-refractivity contribution is 8.04. The van der Waals surface area contributed by atoms with Crippen LogP contribution in [0, 0.1) is 5.92 Å². The highest BCUT2D eigenvalue weighted by Crippen LogP contribution is 2.39. The molecule has 1 unspecified atom stereocenters. The molecule has 2 rings (SSSR count). The Bertz CT molecular complexity index is 955. The molecular formula is C16H18FN2O6PS. The number of benzene rings is 1. The molecule has 2 N–H and O–H groups in total. The average molecular weight is 416 g/mol. The molecule has 0 fully saturated rings. The van der Waals surface area contributed by atoms with Gasteiger partial charge < -0.3 is 9.79 Å². The maximum atomic E-state index is 13.2. The summed E-state index contributed by atoms with van der Waals surface area (Å²) in [7, 11) is -4.20. The van der Waals surface area contributed by atoms with Crippen molar-refractivity contribution in [3.63, 3.8) is 0 Å². The summed E-state index contributed by atoms with van der Waals surface area (Å²) in [5.74, 6) is -1.43. The Labute approximate surface area is 157 Å². The number of rotatable bonds is 8. The molecule has 1 atom stereocenters. The summed E-state index contributed by atoms with van der Waals surface area (Å²) in [5.41, 5.74) is -1.98. The van der Waals surface area contributed by atoms with Gasteiger partial charge in [0.25, 0.3) is 11.5 Å². The van der Waals surface area contributed by atoms with Crippen molar-refractivity contribution in [3.05, 3.63) is 69.0 Å². The van der Waals surface area contributed by atoms with Gasteiger partial charge in [-0.2, -0.15) is 4.57 Å². The summed E-state index contributed by atoms with van der Waals surface area (Å²) in [6.45, 7) is -0.960. The highest BCUT2D eigenvalue weighted by Gasteiger charge is 2.19. The van der Waals surface area contributed by atoms with Crippen LogP contribution in [0.2, 0.25) is 0 Å². The molecule has 0 saturated carbocycles. The van der Waals surface area contributed by atoms with Gasteiger partial charge in [-0.05, 0) is 12.1 Å². The van der Waals surface area contributed by atoms with Gasteiger partial charge in [0.2, 0.25) is 0 Å². The topological polar surface area (TPSA) is 119 Å². The molecule has 11 heteroatoms. The number of carbonyl (C=O) groups is 1. The Kier molecular flexibility index (Phi) is 7.32. The second kappa shape index (κ2) is 9.27. The van der Waals surface area contributed by atoms with E-state index < -0.39 is 42.8 Å². The van der Waals surface area contributed by atoms with Gasteiger partial charge in [-0.1, -0.05) is 18.2 Å². The lowest BCUT2D eigenvalue weighted by molar-refractivity contribution is 0.0948. The van der Waals surface area contributed by atoms with Crippen LogP contribution in [-0.4, -0.2) is 42.7 Å². The number of hydrogen-bond donors (Lipinski definition) is 2. The molecule has 0 radical (unpaired) electrons. The molecular weight excluding hydrogens is 398 g/mol. The first kappa shape index (κ1) is 21.3. The quantitative estimate of drug-likeness (QED) is 0.620. The largest absolute Gasteiger partial charge is 0.338 e. The Balaban J connectivity index is 2.23. The minimum Gasteiger partial charge on any atom is -0.324 e. The number of thioether (sulfide) groups is 1. The first-order valence-corrected chi connectivity index (χ1v) is 10.8. The molecule has 0 spiro atoms. The van der Waals surface area contributed by atoms with Crippen LogP contribution in [0.3, 0.4) is 0 Å². The number of halogens is 1. The SMILES string of the molecule is O=C(c1ccccc1)n1c(=O)ccn(CC(CF)CSCP(=O)(O)O)c1=O. The minimum absolute atomic E-state index is 0.0693.